The number of primary amides is 1. The second kappa shape index (κ2) is 5.76. The van der Waals surface area contributed by atoms with Gasteiger partial charge in [-0.05, 0) is 55.9 Å². The molecule has 0 aromatic heterocycles. The molecule has 1 fully saturated rings. The zero-order valence-corrected chi connectivity index (χ0v) is 12.1. The summed E-state index contributed by atoms with van der Waals surface area (Å²) in [5.41, 5.74) is 8.39. The third-order valence-corrected chi connectivity index (χ3v) is 4.38. The van der Waals surface area contributed by atoms with Crippen LogP contribution in [0.3, 0.4) is 0 Å². The summed E-state index contributed by atoms with van der Waals surface area (Å²) >= 11 is 0. The van der Waals surface area contributed by atoms with Gasteiger partial charge in [0.2, 0.25) is 5.91 Å². The summed E-state index contributed by atoms with van der Waals surface area (Å²) in [7, 11) is 0. The molecule has 3 rings (SSSR count). The van der Waals surface area contributed by atoms with Gasteiger partial charge in [-0.2, -0.15) is 0 Å². The molecule has 0 bridgehead atoms. The Hall–Kier alpha value is -2.04. The van der Waals surface area contributed by atoms with E-state index in [9.17, 15) is 9.59 Å². The predicted octanol–water partition coefficient (Wildman–Crippen LogP) is 1.52. The van der Waals surface area contributed by atoms with E-state index in [4.69, 9.17) is 5.73 Å². The molecule has 2 aliphatic rings. The molecule has 0 saturated carbocycles. The topological polar surface area (TPSA) is 75.4 Å². The number of carbonyl (C=O) groups excluding carboxylic acids is 2. The molecule has 1 saturated heterocycles. The molecule has 0 aliphatic carbocycles. The number of hydrogen-bond donors (Lipinski definition) is 2. The van der Waals surface area contributed by atoms with Crippen molar-refractivity contribution in [2.24, 2.45) is 5.73 Å². The van der Waals surface area contributed by atoms with Crippen LogP contribution in [0.1, 0.15) is 41.6 Å². The first kappa shape index (κ1) is 13.9. The van der Waals surface area contributed by atoms with Gasteiger partial charge < -0.3 is 16.0 Å². The van der Waals surface area contributed by atoms with Crippen LogP contribution in [0, 0.1) is 0 Å². The molecular formula is C16H21N3O2. The molecule has 3 N–H and O–H groups in total. The van der Waals surface area contributed by atoms with Gasteiger partial charge in [0.05, 0.1) is 0 Å². The number of aryl methyl sites for hydroxylation is 1. The van der Waals surface area contributed by atoms with Crippen LogP contribution >= 0.6 is 0 Å². The molecule has 1 atom stereocenters. The van der Waals surface area contributed by atoms with Crippen LogP contribution in [0.2, 0.25) is 0 Å². The number of nitrogens with two attached hydrogens (primary N) is 1. The van der Waals surface area contributed by atoms with Crippen molar-refractivity contribution in [2.75, 3.05) is 18.4 Å². The van der Waals surface area contributed by atoms with Crippen molar-refractivity contribution in [2.45, 2.75) is 38.1 Å². The number of nitrogens with zero attached hydrogens (tertiary/aromatic N) is 1. The Kier molecular flexibility index (Phi) is 3.82. The molecule has 2 heterocycles. The van der Waals surface area contributed by atoms with Gasteiger partial charge in [0.1, 0.15) is 6.04 Å². The van der Waals surface area contributed by atoms with Crippen molar-refractivity contribution >= 4 is 17.5 Å². The van der Waals surface area contributed by atoms with E-state index in [2.05, 4.69) is 5.32 Å². The number of amides is 2. The second-order valence-electron chi connectivity index (χ2n) is 5.81. The highest BCUT2D eigenvalue weighted by molar-refractivity contribution is 5.98. The molecule has 2 amide bonds. The van der Waals surface area contributed by atoms with Crippen LogP contribution in [0.5, 0.6) is 0 Å². The van der Waals surface area contributed by atoms with Crippen molar-refractivity contribution in [3.05, 3.63) is 29.3 Å². The average Bonchev–Trinajstić information content (AvgIpc) is 2.53. The van der Waals surface area contributed by atoms with E-state index in [1.54, 1.807) is 4.90 Å². The molecule has 5 heteroatoms. The standard InChI is InChI=1S/C16H21N3O2/c17-15(20)14-5-1-2-9-19(14)16(21)12-6-7-13-11(10-12)4-3-8-18-13/h6-7,10,14,18H,1-5,8-9H2,(H2,17,20). The van der Waals surface area contributed by atoms with E-state index < -0.39 is 11.9 Å². The Morgan fingerprint density at radius 3 is 2.90 bits per heavy atom. The Balaban J connectivity index is 1.85. The van der Waals surface area contributed by atoms with E-state index in [0.29, 0.717) is 18.5 Å². The predicted molar refractivity (Wildman–Crippen MR) is 81.1 cm³/mol. The first-order chi connectivity index (χ1) is 10.2. The number of likely N-dealkylation sites (tertiary alicyclic amines) is 1. The highest BCUT2D eigenvalue weighted by Gasteiger charge is 2.31. The lowest BCUT2D eigenvalue weighted by molar-refractivity contribution is -0.123. The number of fused-ring (bicyclic) bond motifs is 1. The van der Waals surface area contributed by atoms with Gasteiger partial charge in [0.15, 0.2) is 0 Å². The molecule has 1 aromatic carbocycles. The largest absolute Gasteiger partial charge is 0.385 e. The van der Waals surface area contributed by atoms with E-state index >= 15 is 0 Å². The fraction of sp³-hybridized carbons (Fsp3) is 0.500. The lowest BCUT2D eigenvalue weighted by Crippen LogP contribution is -2.50. The molecule has 1 unspecified atom stereocenters. The lowest BCUT2D eigenvalue weighted by Gasteiger charge is -2.34. The van der Waals surface area contributed by atoms with Crippen LogP contribution < -0.4 is 11.1 Å². The third kappa shape index (κ3) is 2.73. The molecular weight excluding hydrogens is 266 g/mol. The first-order valence-corrected chi connectivity index (χ1v) is 7.64. The molecule has 1 aromatic rings. The van der Waals surface area contributed by atoms with Crippen LogP contribution in [-0.2, 0) is 11.2 Å². The summed E-state index contributed by atoms with van der Waals surface area (Å²) in [4.78, 5) is 25.9. The average molecular weight is 287 g/mol. The number of benzene rings is 1. The summed E-state index contributed by atoms with van der Waals surface area (Å²) in [6.45, 7) is 1.60. The molecule has 112 valence electrons. The van der Waals surface area contributed by atoms with Gasteiger partial charge in [0.25, 0.3) is 5.91 Å². The second-order valence-corrected chi connectivity index (χ2v) is 5.81. The van der Waals surface area contributed by atoms with Gasteiger partial charge in [-0.1, -0.05) is 0 Å². The number of hydrogen-bond acceptors (Lipinski definition) is 3. The molecule has 0 spiro atoms. The van der Waals surface area contributed by atoms with Crippen LogP contribution in [-0.4, -0.2) is 35.8 Å². The number of piperidine rings is 1. The van der Waals surface area contributed by atoms with Gasteiger partial charge in [-0.25, -0.2) is 0 Å². The smallest absolute Gasteiger partial charge is 0.254 e. The van der Waals surface area contributed by atoms with Crippen LogP contribution in [0.4, 0.5) is 5.69 Å². The quantitative estimate of drug-likeness (QED) is 0.866. The maximum atomic E-state index is 12.7. The highest BCUT2D eigenvalue weighted by atomic mass is 16.2. The van der Waals surface area contributed by atoms with E-state index in [1.807, 2.05) is 18.2 Å². The van der Waals surface area contributed by atoms with Crippen molar-refractivity contribution in [1.82, 2.24) is 4.90 Å². The van der Waals surface area contributed by atoms with Gasteiger partial charge in [-0.3, -0.25) is 9.59 Å². The molecule has 2 aliphatic heterocycles. The Morgan fingerprint density at radius 1 is 1.24 bits per heavy atom. The first-order valence-electron chi connectivity index (χ1n) is 7.64. The summed E-state index contributed by atoms with van der Waals surface area (Å²) in [6, 6.07) is 5.30. The maximum absolute atomic E-state index is 12.7. The summed E-state index contributed by atoms with van der Waals surface area (Å²) in [6.07, 6.45) is 4.63. The Bertz CT molecular complexity index is 571. The fourth-order valence-corrected chi connectivity index (χ4v) is 3.24. The van der Waals surface area contributed by atoms with Crippen molar-refractivity contribution < 1.29 is 9.59 Å². The molecule has 5 nitrogen and oxygen atoms in total. The number of carbonyl (C=O) groups is 2. The number of rotatable bonds is 2. The van der Waals surface area contributed by atoms with Crippen LogP contribution in [0.25, 0.3) is 0 Å². The van der Waals surface area contributed by atoms with Gasteiger partial charge in [-0.15, -0.1) is 0 Å². The molecule has 21 heavy (non-hydrogen) atoms. The number of nitrogens with one attached hydrogen (secondary N) is 1. The minimum atomic E-state index is -0.458. The van der Waals surface area contributed by atoms with Crippen molar-refractivity contribution in [3.8, 4) is 0 Å². The molecule has 0 radical (unpaired) electrons. The van der Waals surface area contributed by atoms with E-state index in [-0.39, 0.29) is 5.91 Å². The van der Waals surface area contributed by atoms with Gasteiger partial charge in [0, 0.05) is 24.3 Å². The zero-order valence-electron chi connectivity index (χ0n) is 12.1. The maximum Gasteiger partial charge on any atom is 0.254 e. The Morgan fingerprint density at radius 2 is 2.10 bits per heavy atom. The highest BCUT2D eigenvalue weighted by Crippen LogP contribution is 2.25. The van der Waals surface area contributed by atoms with E-state index in [1.165, 1.54) is 5.56 Å². The van der Waals surface area contributed by atoms with Gasteiger partial charge >= 0.3 is 0 Å². The van der Waals surface area contributed by atoms with Crippen molar-refractivity contribution in [1.29, 1.82) is 0 Å². The number of anilines is 1. The minimum absolute atomic E-state index is 0.0770. The summed E-state index contributed by atoms with van der Waals surface area (Å²) in [5.74, 6) is -0.477. The SMILES string of the molecule is NC(=O)C1CCCCN1C(=O)c1ccc2c(c1)CCCN2. The zero-order chi connectivity index (χ0) is 14.8. The summed E-state index contributed by atoms with van der Waals surface area (Å²) in [5, 5.41) is 3.34. The van der Waals surface area contributed by atoms with Crippen molar-refractivity contribution in [3.63, 3.8) is 0 Å². The Labute approximate surface area is 124 Å². The van der Waals surface area contributed by atoms with Crippen LogP contribution in [0.15, 0.2) is 18.2 Å². The third-order valence-electron chi connectivity index (χ3n) is 4.38. The lowest BCUT2D eigenvalue weighted by atomic mass is 9.97. The monoisotopic (exact) mass is 287 g/mol. The summed E-state index contributed by atoms with van der Waals surface area (Å²) < 4.78 is 0. The normalized spacial score (nSPS) is 21.3. The fourth-order valence-electron chi connectivity index (χ4n) is 3.24. The minimum Gasteiger partial charge on any atom is -0.385 e. The van der Waals surface area contributed by atoms with E-state index in [0.717, 1.165) is 37.9 Å².